The van der Waals surface area contributed by atoms with Crippen molar-refractivity contribution in [2.75, 3.05) is 24.6 Å². The van der Waals surface area contributed by atoms with Crippen molar-refractivity contribution in [2.45, 2.75) is 75.9 Å². The zero-order valence-corrected chi connectivity index (χ0v) is 27.4. The Balaban J connectivity index is 0.00000107. The Morgan fingerprint density at radius 1 is 0.857 bits per heavy atom. The van der Waals surface area contributed by atoms with Gasteiger partial charge in [-0.25, -0.2) is 4.79 Å². The lowest BCUT2D eigenvalue weighted by atomic mass is 9.97. The number of carbonyl (C=O) groups is 5. The van der Waals surface area contributed by atoms with E-state index in [0.29, 0.717) is 31.2 Å². The van der Waals surface area contributed by atoms with Crippen molar-refractivity contribution in [3.05, 3.63) is 71.8 Å². The number of nitrogens with zero attached hydrogens (tertiary/aromatic N) is 2. The van der Waals surface area contributed by atoms with E-state index in [-0.39, 0.29) is 42.7 Å². The maximum absolute atomic E-state index is 13.6. The summed E-state index contributed by atoms with van der Waals surface area (Å²) in [5.74, 6) is -6.04. The van der Waals surface area contributed by atoms with Gasteiger partial charge < -0.3 is 15.7 Å². The zero-order chi connectivity index (χ0) is 36.6. The van der Waals surface area contributed by atoms with Crippen molar-refractivity contribution in [3.63, 3.8) is 0 Å². The van der Waals surface area contributed by atoms with Crippen LogP contribution in [0, 0.1) is 0 Å². The molecule has 0 unspecified atom stereocenters. The fourth-order valence-electron chi connectivity index (χ4n) is 5.17. The van der Waals surface area contributed by atoms with Crippen LogP contribution in [0.2, 0.25) is 0 Å². The Morgan fingerprint density at radius 2 is 1.41 bits per heavy atom. The molecule has 0 bridgehead atoms. The second-order valence-electron chi connectivity index (χ2n) is 11.3. The Hall–Kier alpha value is -3.92. The standard InChI is InChI=1S/C31H38F3N3O4S.C2HF3O2/c32-31(33,34)28(39)22-42-20-8-13-26(30(35)41)37(29(40)15-7-14-27(38)24-11-5-2-6-12-24)25-16-18-36(19-17-25)21-23-9-3-1-4-10-23;3-2(4,5)1(6)7/h1-6,9-12,25-26H,7-8,13-22H2,(H2,35,41);(H,6,7)/t26-;/m0./s1. The lowest BCUT2D eigenvalue weighted by Gasteiger charge is -2.42. The monoisotopic (exact) mass is 719 g/mol. The van der Waals surface area contributed by atoms with Gasteiger partial charge in [-0.1, -0.05) is 60.7 Å². The summed E-state index contributed by atoms with van der Waals surface area (Å²) >= 11 is 0.845. The molecule has 2 aromatic carbocycles. The van der Waals surface area contributed by atoms with Crippen molar-refractivity contribution in [1.82, 2.24) is 9.80 Å². The van der Waals surface area contributed by atoms with Crippen LogP contribution in [0.4, 0.5) is 26.3 Å². The number of amides is 2. The molecule has 0 aromatic heterocycles. The number of primary amides is 1. The van der Waals surface area contributed by atoms with E-state index in [1.165, 1.54) is 5.56 Å². The molecule has 0 saturated carbocycles. The Labute approximate surface area is 284 Å². The van der Waals surface area contributed by atoms with Gasteiger partial charge in [-0.05, 0) is 43.4 Å². The van der Waals surface area contributed by atoms with Gasteiger partial charge in [0.25, 0.3) is 0 Å². The molecule has 9 nitrogen and oxygen atoms in total. The van der Waals surface area contributed by atoms with Crippen molar-refractivity contribution in [1.29, 1.82) is 0 Å². The highest BCUT2D eigenvalue weighted by molar-refractivity contribution is 7.99. The number of hydrogen-bond acceptors (Lipinski definition) is 7. The van der Waals surface area contributed by atoms with Gasteiger partial charge in [-0.2, -0.15) is 38.1 Å². The van der Waals surface area contributed by atoms with Gasteiger partial charge in [0.1, 0.15) is 6.04 Å². The minimum atomic E-state index is -5.08. The third kappa shape index (κ3) is 15.0. The highest BCUT2D eigenvalue weighted by Gasteiger charge is 2.39. The summed E-state index contributed by atoms with van der Waals surface area (Å²) in [4.78, 5) is 62.7. The van der Waals surface area contributed by atoms with Crippen molar-refractivity contribution in [2.24, 2.45) is 5.73 Å². The van der Waals surface area contributed by atoms with E-state index in [1.807, 2.05) is 24.3 Å². The second-order valence-corrected chi connectivity index (χ2v) is 12.4. The first-order valence-corrected chi connectivity index (χ1v) is 16.6. The summed E-state index contributed by atoms with van der Waals surface area (Å²) in [5, 5.41) is 7.12. The SMILES string of the molecule is NC(=O)[C@H](CCCSCC(=O)C(F)(F)F)N(C(=O)CCCC(=O)c1ccccc1)C1CCN(Cc2ccccc2)CC1.O=C(O)C(F)(F)F. The molecule has 2 amide bonds. The smallest absolute Gasteiger partial charge is 0.475 e. The quantitative estimate of drug-likeness (QED) is 0.129. The first-order chi connectivity index (χ1) is 23.0. The number of carboxylic acids is 1. The van der Waals surface area contributed by atoms with E-state index in [2.05, 4.69) is 17.0 Å². The molecule has 3 rings (SSSR count). The van der Waals surface area contributed by atoms with Crippen LogP contribution in [0.3, 0.4) is 0 Å². The molecule has 3 N–H and O–H groups in total. The molecule has 1 heterocycles. The minimum Gasteiger partial charge on any atom is -0.475 e. The summed E-state index contributed by atoms with van der Waals surface area (Å²) < 4.78 is 69.2. The first kappa shape index (κ1) is 41.3. The molecule has 0 aliphatic carbocycles. The highest BCUT2D eigenvalue weighted by atomic mass is 32.2. The van der Waals surface area contributed by atoms with Crippen LogP contribution in [0.5, 0.6) is 0 Å². The molecule has 16 heteroatoms. The number of Topliss-reactive ketones (excluding diaryl/α,β-unsaturated/α-hetero) is 2. The molecule has 1 aliphatic heterocycles. The summed E-state index contributed by atoms with van der Waals surface area (Å²) in [6.07, 6.45) is -7.61. The number of rotatable bonds is 16. The van der Waals surface area contributed by atoms with Crippen LogP contribution < -0.4 is 5.73 Å². The number of hydrogen-bond donors (Lipinski definition) is 2. The number of alkyl halides is 6. The molecule has 0 radical (unpaired) electrons. The maximum Gasteiger partial charge on any atom is 0.490 e. The number of nitrogens with two attached hydrogens (primary N) is 1. The van der Waals surface area contributed by atoms with E-state index in [0.717, 1.165) is 31.4 Å². The van der Waals surface area contributed by atoms with E-state index in [9.17, 15) is 45.5 Å². The molecule has 1 atom stereocenters. The maximum atomic E-state index is 13.6. The van der Waals surface area contributed by atoms with E-state index < -0.39 is 41.8 Å². The van der Waals surface area contributed by atoms with Crippen LogP contribution in [0.1, 0.15) is 60.9 Å². The van der Waals surface area contributed by atoms with Gasteiger partial charge in [-0.3, -0.25) is 24.1 Å². The highest BCUT2D eigenvalue weighted by Crippen LogP contribution is 2.25. The molecule has 1 aliphatic rings. The van der Waals surface area contributed by atoms with E-state index in [4.69, 9.17) is 15.6 Å². The van der Waals surface area contributed by atoms with Crippen LogP contribution >= 0.6 is 11.8 Å². The summed E-state index contributed by atoms with van der Waals surface area (Å²) in [6.45, 7) is 2.21. The fourth-order valence-corrected chi connectivity index (χ4v) is 6.03. The molecule has 1 fully saturated rings. The normalized spacial score (nSPS) is 14.7. The summed E-state index contributed by atoms with van der Waals surface area (Å²) in [6, 6.07) is 17.7. The molecule has 1 saturated heterocycles. The van der Waals surface area contributed by atoms with Gasteiger partial charge >= 0.3 is 18.3 Å². The molecular formula is C33H39F6N3O6S. The van der Waals surface area contributed by atoms with Crippen LogP contribution in [-0.2, 0) is 25.7 Å². The number of carboxylic acid groups (broad SMARTS) is 1. The van der Waals surface area contributed by atoms with Gasteiger partial charge in [-0.15, -0.1) is 0 Å². The van der Waals surface area contributed by atoms with Crippen molar-refractivity contribution < 1.29 is 55.4 Å². The van der Waals surface area contributed by atoms with Crippen LogP contribution in [0.15, 0.2) is 60.7 Å². The lowest BCUT2D eigenvalue weighted by molar-refractivity contribution is -0.192. The van der Waals surface area contributed by atoms with Gasteiger partial charge in [0.2, 0.25) is 17.6 Å². The third-order valence-electron chi connectivity index (χ3n) is 7.60. The number of carbonyl (C=O) groups excluding carboxylic acids is 4. The first-order valence-electron chi connectivity index (χ1n) is 15.4. The molecule has 2 aromatic rings. The largest absolute Gasteiger partial charge is 0.490 e. The van der Waals surface area contributed by atoms with Gasteiger partial charge in [0.05, 0.1) is 5.75 Å². The fraction of sp³-hybridized carbons (Fsp3) is 0.485. The average Bonchev–Trinajstić information content (AvgIpc) is 3.04. The van der Waals surface area contributed by atoms with E-state index in [1.54, 1.807) is 29.2 Å². The Morgan fingerprint density at radius 3 is 1.92 bits per heavy atom. The molecular weight excluding hydrogens is 680 g/mol. The minimum absolute atomic E-state index is 0.0685. The number of thioether (sulfide) groups is 1. The number of halogens is 6. The van der Waals surface area contributed by atoms with E-state index >= 15 is 0 Å². The summed E-state index contributed by atoms with van der Waals surface area (Å²) in [7, 11) is 0. The van der Waals surface area contributed by atoms with Crippen LogP contribution in [0.25, 0.3) is 0 Å². The number of benzene rings is 2. The second kappa shape index (κ2) is 19.9. The molecule has 0 spiro atoms. The Kier molecular flexibility index (Phi) is 16.8. The summed E-state index contributed by atoms with van der Waals surface area (Å²) in [5.41, 5.74) is 7.53. The predicted molar refractivity (Wildman–Crippen MR) is 171 cm³/mol. The average molecular weight is 720 g/mol. The topological polar surface area (TPSA) is 138 Å². The molecule has 270 valence electrons. The lowest BCUT2D eigenvalue weighted by Crippen LogP contribution is -2.55. The third-order valence-corrected chi connectivity index (χ3v) is 8.64. The molecule has 49 heavy (non-hydrogen) atoms. The predicted octanol–water partition coefficient (Wildman–Crippen LogP) is 5.66. The zero-order valence-electron chi connectivity index (χ0n) is 26.5. The number of ketones is 2. The van der Waals surface area contributed by atoms with Gasteiger partial charge in [0.15, 0.2) is 5.78 Å². The van der Waals surface area contributed by atoms with Gasteiger partial charge in [0, 0.05) is 44.1 Å². The van der Waals surface area contributed by atoms with Crippen molar-refractivity contribution >= 4 is 41.1 Å². The van der Waals surface area contributed by atoms with Crippen LogP contribution in [-0.4, -0.2) is 93.3 Å². The number of piperidine rings is 1. The Bertz CT molecular complexity index is 1370. The number of aliphatic carboxylic acids is 1. The number of likely N-dealkylation sites (tertiary alicyclic amines) is 1. The van der Waals surface area contributed by atoms with Crippen molar-refractivity contribution in [3.8, 4) is 0 Å².